The fourth-order valence-corrected chi connectivity index (χ4v) is 2.62. The van der Waals surface area contributed by atoms with Gasteiger partial charge in [-0.05, 0) is 23.6 Å². The van der Waals surface area contributed by atoms with Crippen molar-refractivity contribution in [1.29, 1.82) is 0 Å². The average molecular weight is 274 g/mol. The Morgan fingerprint density at radius 3 is 2.85 bits per heavy atom. The fraction of sp³-hybridized carbons (Fsp3) is 0.286. The summed E-state index contributed by atoms with van der Waals surface area (Å²) in [5.41, 5.74) is 1.24. The van der Waals surface area contributed by atoms with Gasteiger partial charge in [0.05, 0.1) is 6.10 Å². The molecule has 1 aliphatic heterocycles. The number of carbonyl (C=O) groups excluding carboxylic acids is 1. The topological polar surface area (TPSA) is 93.6 Å². The molecule has 3 rings (SSSR count). The number of H-pyrrole nitrogens is 1. The van der Waals surface area contributed by atoms with Crippen molar-refractivity contribution in [3.8, 4) is 0 Å². The molecular weight excluding hydrogens is 260 g/mol. The van der Waals surface area contributed by atoms with Gasteiger partial charge in [-0.3, -0.25) is 4.79 Å². The molecule has 0 bridgehead atoms. The number of hydrogen-bond donors (Lipinski definition) is 3. The summed E-state index contributed by atoms with van der Waals surface area (Å²) >= 11 is 0. The van der Waals surface area contributed by atoms with Gasteiger partial charge in [0, 0.05) is 30.2 Å². The lowest BCUT2D eigenvalue weighted by Crippen LogP contribution is -2.40. The molecule has 6 nitrogen and oxygen atoms in total. The zero-order valence-corrected chi connectivity index (χ0v) is 10.6. The number of aliphatic hydroxyl groups is 1. The van der Waals surface area contributed by atoms with E-state index < -0.39 is 18.1 Å². The number of hydrogen-bond acceptors (Lipinski definition) is 3. The van der Waals surface area contributed by atoms with Crippen molar-refractivity contribution in [3.05, 3.63) is 36.0 Å². The molecule has 2 atom stereocenters. The van der Waals surface area contributed by atoms with Crippen LogP contribution in [0, 0.1) is 0 Å². The third-order valence-electron chi connectivity index (χ3n) is 3.63. The molecular formula is C14H14N2O4. The third kappa shape index (κ3) is 2.04. The average Bonchev–Trinajstić information content (AvgIpc) is 3.02. The van der Waals surface area contributed by atoms with Crippen LogP contribution in [-0.4, -0.2) is 50.7 Å². The number of carbonyl (C=O) groups is 2. The van der Waals surface area contributed by atoms with Crippen LogP contribution < -0.4 is 0 Å². The number of nitrogens with one attached hydrogen (secondary N) is 1. The molecule has 2 heterocycles. The van der Waals surface area contributed by atoms with Crippen LogP contribution in [0.1, 0.15) is 16.8 Å². The smallest absolute Gasteiger partial charge is 0.326 e. The molecule has 0 aliphatic carbocycles. The maximum Gasteiger partial charge on any atom is 0.326 e. The van der Waals surface area contributed by atoms with Crippen LogP contribution in [0.25, 0.3) is 10.9 Å². The van der Waals surface area contributed by atoms with E-state index in [0.717, 1.165) is 10.9 Å². The normalized spacial score (nSPS) is 22.4. The molecule has 0 spiro atoms. The minimum atomic E-state index is -1.09. The fourth-order valence-electron chi connectivity index (χ4n) is 2.62. The second-order valence-corrected chi connectivity index (χ2v) is 4.98. The van der Waals surface area contributed by atoms with Gasteiger partial charge >= 0.3 is 5.97 Å². The van der Waals surface area contributed by atoms with Gasteiger partial charge in [0.15, 0.2) is 0 Å². The number of likely N-dealkylation sites (tertiary alicyclic amines) is 1. The molecule has 104 valence electrons. The standard InChI is InChI=1S/C14H14N2O4/c17-10-6-12(14(19)20)16(7-10)13(18)9-2-1-8-3-4-15-11(8)5-9/h1-5,10,12,15,17H,6-7H2,(H,19,20)/t10-,12-/m0/s1. The van der Waals surface area contributed by atoms with Crippen LogP contribution in [-0.2, 0) is 4.79 Å². The van der Waals surface area contributed by atoms with Crippen molar-refractivity contribution >= 4 is 22.8 Å². The Morgan fingerprint density at radius 2 is 2.10 bits per heavy atom. The highest BCUT2D eigenvalue weighted by Gasteiger charge is 2.39. The highest BCUT2D eigenvalue weighted by molar-refractivity contribution is 5.99. The molecule has 1 aromatic heterocycles. The molecule has 6 heteroatoms. The molecule has 1 aliphatic rings. The minimum Gasteiger partial charge on any atom is -0.480 e. The van der Waals surface area contributed by atoms with Crippen LogP contribution in [0.15, 0.2) is 30.5 Å². The van der Waals surface area contributed by atoms with Gasteiger partial charge in [-0.2, -0.15) is 0 Å². The molecule has 0 unspecified atom stereocenters. The second kappa shape index (κ2) is 4.64. The Balaban J connectivity index is 1.92. The Kier molecular flexibility index (Phi) is 2.94. The zero-order valence-electron chi connectivity index (χ0n) is 10.6. The lowest BCUT2D eigenvalue weighted by molar-refractivity contribution is -0.141. The number of rotatable bonds is 2. The highest BCUT2D eigenvalue weighted by atomic mass is 16.4. The van der Waals surface area contributed by atoms with Gasteiger partial charge in [-0.25, -0.2) is 4.79 Å². The maximum atomic E-state index is 12.4. The number of fused-ring (bicyclic) bond motifs is 1. The van der Waals surface area contributed by atoms with Crippen molar-refractivity contribution in [2.75, 3.05) is 6.54 Å². The SMILES string of the molecule is O=C(O)[C@@H]1C[C@H](O)CN1C(=O)c1ccc2cc[nH]c2c1. The zero-order chi connectivity index (χ0) is 14.3. The number of aromatic nitrogens is 1. The lowest BCUT2D eigenvalue weighted by atomic mass is 10.1. The van der Waals surface area contributed by atoms with E-state index in [9.17, 15) is 14.7 Å². The summed E-state index contributed by atoms with van der Waals surface area (Å²) in [6, 6.07) is 6.10. The first-order chi connectivity index (χ1) is 9.56. The molecule has 1 aromatic carbocycles. The van der Waals surface area contributed by atoms with Crippen LogP contribution in [0.2, 0.25) is 0 Å². The Labute approximate surface area is 114 Å². The molecule has 0 radical (unpaired) electrons. The van der Waals surface area contributed by atoms with E-state index in [1.165, 1.54) is 4.90 Å². The summed E-state index contributed by atoms with van der Waals surface area (Å²) in [6.07, 6.45) is 1.07. The number of carboxylic acid groups (broad SMARTS) is 1. The predicted octanol–water partition coefficient (Wildman–Crippen LogP) is 0.828. The third-order valence-corrected chi connectivity index (χ3v) is 3.63. The molecule has 1 fully saturated rings. The first-order valence-electron chi connectivity index (χ1n) is 6.35. The van der Waals surface area contributed by atoms with E-state index in [0.29, 0.717) is 5.56 Å². The summed E-state index contributed by atoms with van der Waals surface area (Å²) in [7, 11) is 0. The van der Waals surface area contributed by atoms with E-state index >= 15 is 0 Å². The Hall–Kier alpha value is -2.34. The van der Waals surface area contributed by atoms with Gasteiger partial charge in [-0.1, -0.05) is 6.07 Å². The maximum absolute atomic E-state index is 12.4. The summed E-state index contributed by atoms with van der Waals surface area (Å²) in [5.74, 6) is -1.46. The molecule has 3 N–H and O–H groups in total. The van der Waals surface area contributed by atoms with Crippen molar-refractivity contribution in [1.82, 2.24) is 9.88 Å². The summed E-state index contributed by atoms with van der Waals surface area (Å²) in [6.45, 7) is 0.0541. The summed E-state index contributed by atoms with van der Waals surface area (Å²) in [4.78, 5) is 27.8. The van der Waals surface area contributed by atoms with Crippen LogP contribution in [0.4, 0.5) is 0 Å². The van der Waals surface area contributed by atoms with Crippen LogP contribution in [0.5, 0.6) is 0 Å². The number of amides is 1. The molecule has 1 amide bonds. The number of aliphatic carboxylic acids is 1. The Bertz CT molecular complexity index is 679. The highest BCUT2D eigenvalue weighted by Crippen LogP contribution is 2.22. The monoisotopic (exact) mass is 274 g/mol. The second-order valence-electron chi connectivity index (χ2n) is 4.98. The van der Waals surface area contributed by atoms with Crippen molar-refractivity contribution in [2.24, 2.45) is 0 Å². The summed E-state index contributed by atoms with van der Waals surface area (Å²) < 4.78 is 0. The van der Waals surface area contributed by atoms with Gasteiger partial charge < -0.3 is 20.1 Å². The van der Waals surface area contributed by atoms with Gasteiger partial charge in [0.25, 0.3) is 5.91 Å². The molecule has 2 aromatic rings. The van der Waals surface area contributed by atoms with E-state index in [1.807, 2.05) is 6.07 Å². The van der Waals surface area contributed by atoms with Crippen LogP contribution in [0.3, 0.4) is 0 Å². The molecule has 0 saturated carbocycles. The predicted molar refractivity (Wildman–Crippen MR) is 71.4 cm³/mol. The molecule has 20 heavy (non-hydrogen) atoms. The molecule has 1 saturated heterocycles. The Morgan fingerprint density at radius 1 is 1.30 bits per heavy atom. The van der Waals surface area contributed by atoms with Crippen molar-refractivity contribution in [2.45, 2.75) is 18.6 Å². The van der Waals surface area contributed by atoms with E-state index in [-0.39, 0.29) is 18.9 Å². The van der Waals surface area contributed by atoms with E-state index in [1.54, 1.807) is 24.4 Å². The number of aromatic amines is 1. The van der Waals surface area contributed by atoms with Gasteiger partial charge in [0.1, 0.15) is 6.04 Å². The summed E-state index contributed by atoms with van der Waals surface area (Å²) in [5, 5.41) is 19.7. The number of carboxylic acids is 1. The number of aliphatic hydroxyl groups excluding tert-OH is 1. The van der Waals surface area contributed by atoms with Crippen molar-refractivity contribution < 1.29 is 19.8 Å². The van der Waals surface area contributed by atoms with E-state index in [2.05, 4.69) is 4.98 Å². The quantitative estimate of drug-likeness (QED) is 0.756. The first kappa shape index (κ1) is 12.7. The number of nitrogens with zero attached hydrogens (tertiary/aromatic N) is 1. The first-order valence-corrected chi connectivity index (χ1v) is 6.35. The number of β-amino-alcohol motifs (C(OH)–C–C–N with tert-alkyl or cyclic N) is 1. The lowest BCUT2D eigenvalue weighted by Gasteiger charge is -2.21. The number of benzene rings is 1. The largest absolute Gasteiger partial charge is 0.480 e. The van der Waals surface area contributed by atoms with Crippen LogP contribution >= 0.6 is 0 Å². The van der Waals surface area contributed by atoms with Crippen molar-refractivity contribution in [3.63, 3.8) is 0 Å². The van der Waals surface area contributed by atoms with E-state index in [4.69, 9.17) is 5.11 Å². The van der Waals surface area contributed by atoms with Gasteiger partial charge in [-0.15, -0.1) is 0 Å². The van der Waals surface area contributed by atoms with Gasteiger partial charge in [0.2, 0.25) is 0 Å². The minimum absolute atomic E-state index is 0.0541.